The minimum atomic E-state index is -0.503. The van der Waals surface area contributed by atoms with Crippen LogP contribution >= 0.6 is 0 Å². The van der Waals surface area contributed by atoms with Gasteiger partial charge < -0.3 is 10.6 Å². The lowest BCUT2D eigenvalue weighted by Crippen LogP contribution is -2.48. The van der Waals surface area contributed by atoms with Crippen LogP contribution in [0.3, 0.4) is 0 Å². The summed E-state index contributed by atoms with van der Waals surface area (Å²) in [6.45, 7) is 5.03. The van der Waals surface area contributed by atoms with Crippen LogP contribution < -0.4 is 5.73 Å². The fourth-order valence-corrected chi connectivity index (χ4v) is 3.50. The van der Waals surface area contributed by atoms with Crippen molar-refractivity contribution >= 4 is 11.8 Å². The van der Waals surface area contributed by atoms with Crippen molar-refractivity contribution in [1.29, 1.82) is 0 Å². The standard InChI is InChI=1S/C15H23N5O2/c1-10(15(22)19-6-3-4-7-19)20-8-5-12-11(9-20)13(14(16)21)17-18(12)2/h10H,3-9H2,1-2H3,(H2,16,21)/t10-/m0/s1. The Balaban J connectivity index is 1.78. The normalized spacial score (nSPS) is 20.0. The molecule has 3 rings (SSSR count). The molecule has 7 heteroatoms. The van der Waals surface area contributed by atoms with Gasteiger partial charge in [-0.2, -0.15) is 5.10 Å². The van der Waals surface area contributed by atoms with Crippen LogP contribution in [0.4, 0.5) is 0 Å². The molecule has 22 heavy (non-hydrogen) atoms. The van der Waals surface area contributed by atoms with Crippen LogP contribution in [0, 0.1) is 0 Å². The summed E-state index contributed by atoms with van der Waals surface area (Å²) >= 11 is 0. The monoisotopic (exact) mass is 305 g/mol. The van der Waals surface area contributed by atoms with Crippen molar-refractivity contribution in [3.8, 4) is 0 Å². The van der Waals surface area contributed by atoms with Gasteiger partial charge in [-0.1, -0.05) is 0 Å². The van der Waals surface area contributed by atoms with Crippen LogP contribution in [0.15, 0.2) is 0 Å². The van der Waals surface area contributed by atoms with E-state index in [2.05, 4.69) is 10.00 Å². The lowest BCUT2D eigenvalue weighted by Gasteiger charge is -2.33. The Kier molecular flexibility index (Phi) is 3.90. The van der Waals surface area contributed by atoms with E-state index in [0.29, 0.717) is 12.2 Å². The summed E-state index contributed by atoms with van der Waals surface area (Å²) in [4.78, 5) is 28.2. The van der Waals surface area contributed by atoms with Crippen LogP contribution in [0.2, 0.25) is 0 Å². The van der Waals surface area contributed by atoms with Gasteiger partial charge in [0.05, 0.1) is 6.04 Å². The van der Waals surface area contributed by atoms with Gasteiger partial charge in [0.15, 0.2) is 5.69 Å². The molecule has 0 saturated carbocycles. The highest BCUT2D eigenvalue weighted by Gasteiger charge is 2.33. The van der Waals surface area contributed by atoms with E-state index >= 15 is 0 Å². The van der Waals surface area contributed by atoms with E-state index in [1.165, 1.54) is 0 Å². The number of primary amides is 1. The molecular weight excluding hydrogens is 282 g/mol. The van der Waals surface area contributed by atoms with Crippen molar-refractivity contribution in [3.63, 3.8) is 0 Å². The zero-order valence-electron chi connectivity index (χ0n) is 13.2. The Labute approximate surface area is 130 Å². The largest absolute Gasteiger partial charge is 0.364 e. The Morgan fingerprint density at radius 1 is 1.23 bits per heavy atom. The lowest BCUT2D eigenvalue weighted by molar-refractivity contribution is -0.135. The molecule has 2 aliphatic heterocycles. The molecule has 0 aromatic carbocycles. The van der Waals surface area contributed by atoms with Crippen molar-refractivity contribution < 1.29 is 9.59 Å². The maximum Gasteiger partial charge on any atom is 0.269 e. The number of aryl methyl sites for hydroxylation is 1. The molecule has 0 aliphatic carbocycles. The molecular formula is C15H23N5O2. The van der Waals surface area contributed by atoms with Gasteiger partial charge >= 0.3 is 0 Å². The first-order valence-corrected chi connectivity index (χ1v) is 7.86. The molecule has 0 radical (unpaired) electrons. The van der Waals surface area contributed by atoms with E-state index in [1.807, 2.05) is 18.9 Å². The summed E-state index contributed by atoms with van der Waals surface area (Å²) in [5, 5.41) is 4.23. The first kappa shape index (κ1) is 15.0. The van der Waals surface area contributed by atoms with Crippen LogP contribution in [0.25, 0.3) is 0 Å². The number of hydrogen-bond donors (Lipinski definition) is 1. The molecule has 1 atom stereocenters. The molecule has 1 aromatic heterocycles. The average molecular weight is 305 g/mol. The van der Waals surface area contributed by atoms with Crippen molar-refractivity contribution in [2.24, 2.45) is 12.8 Å². The number of nitrogens with zero attached hydrogens (tertiary/aromatic N) is 4. The smallest absolute Gasteiger partial charge is 0.269 e. The van der Waals surface area contributed by atoms with E-state index in [-0.39, 0.29) is 11.9 Å². The number of carbonyl (C=O) groups excluding carboxylic acids is 2. The van der Waals surface area contributed by atoms with E-state index < -0.39 is 5.91 Å². The molecule has 1 aromatic rings. The number of rotatable bonds is 3. The number of nitrogens with two attached hydrogens (primary N) is 1. The van der Waals surface area contributed by atoms with Crippen molar-refractivity contribution in [3.05, 3.63) is 17.0 Å². The summed E-state index contributed by atoms with van der Waals surface area (Å²) < 4.78 is 1.74. The summed E-state index contributed by atoms with van der Waals surface area (Å²) in [5.74, 6) is -0.317. The molecule has 7 nitrogen and oxygen atoms in total. The van der Waals surface area contributed by atoms with E-state index in [1.54, 1.807) is 4.68 Å². The number of fused-ring (bicyclic) bond motifs is 1. The predicted molar refractivity (Wildman–Crippen MR) is 81.1 cm³/mol. The maximum absolute atomic E-state index is 12.6. The molecule has 1 fully saturated rings. The molecule has 0 spiro atoms. The van der Waals surface area contributed by atoms with Crippen LogP contribution in [-0.4, -0.2) is 57.1 Å². The van der Waals surface area contributed by atoms with Crippen LogP contribution in [-0.2, 0) is 24.8 Å². The van der Waals surface area contributed by atoms with Gasteiger partial charge in [0.25, 0.3) is 5.91 Å². The first-order chi connectivity index (χ1) is 10.5. The minimum absolute atomic E-state index is 0.174. The molecule has 2 N–H and O–H groups in total. The SMILES string of the molecule is C[C@@H](C(=O)N1CCCC1)N1CCc2c(c(C(N)=O)nn2C)C1. The molecule has 2 amide bonds. The third-order valence-electron chi connectivity index (χ3n) is 4.83. The summed E-state index contributed by atoms with van der Waals surface area (Å²) in [5.41, 5.74) is 7.68. The predicted octanol–water partition coefficient (Wildman–Crippen LogP) is -0.112. The molecule has 1 saturated heterocycles. The maximum atomic E-state index is 12.6. The zero-order valence-corrected chi connectivity index (χ0v) is 13.2. The highest BCUT2D eigenvalue weighted by molar-refractivity contribution is 5.92. The second-order valence-corrected chi connectivity index (χ2v) is 6.19. The van der Waals surface area contributed by atoms with Crippen molar-refractivity contribution in [2.45, 2.75) is 38.8 Å². The van der Waals surface area contributed by atoms with Gasteiger partial charge in [-0.15, -0.1) is 0 Å². The second kappa shape index (κ2) is 5.72. The van der Waals surface area contributed by atoms with Crippen LogP contribution in [0.5, 0.6) is 0 Å². The number of likely N-dealkylation sites (tertiary alicyclic amines) is 1. The topological polar surface area (TPSA) is 84.5 Å². The van der Waals surface area contributed by atoms with Crippen LogP contribution in [0.1, 0.15) is 41.5 Å². The fraction of sp³-hybridized carbons (Fsp3) is 0.667. The highest BCUT2D eigenvalue weighted by Crippen LogP contribution is 2.24. The van der Waals surface area contributed by atoms with Gasteiger partial charge in [0.1, 0.15) is 0 Å². The van der Waals surface area contributed by atoms with Gasteiger partial charge in [0.2, 0.25) is 5.91 Å². The van der Waals surface area contributed by atoms with Gasteiger partial charge in [0, 0.05) is 50.9 Å². The van der Waals surface area contributed by atoms with Gasteiger partial charge in [-0.3, -0.25) is 19.2 Å². The molecule has 0 bridgehead atoms. The minimum Gasteiger partial charge on any atom is -0.364 e. The first-order valence-electron chi connectivity index (χ1n) is 7.86. The molecule has 0 unspecified atom stereocenters. The molecule has 2 aliphatic rings. The second-order valence-electron chi connectivity index (χ2n) is 6.19. The number of aromatic nitrogens is 2. The molecule has 120 valence electrons. The number of amides is 2. The lowest BCUT2D eigenvalue weighted by atomic mass is 10.0. The van der Waals surface area contributed by atoms with Gasteiger partial charge in [-0.05, 0) is 19.8 Å². The number of carbonyl (C=O) groups is 2. The van der Waals surface area contributed by atoms with Gasteiger partial charge in [-0.25, -0.2) is 0 Å². The average Bonchev–Trinajstić information content (AvgIpc) is 3.14. The quantitative estimate of drug-likeness (QED) is 0.844. The van der Waals surface area contributed by atoms with E-state index in [4.69, 9.17) is 5.73 Å². The summed E-state index contributed by atoms with van der Waals surface area (Å²) in [7, 11) is 1.83. The Hall–Kier alpha value is -1.89. The van der Waals surface area contributed by atoms with Crippen molar-refractivity contribution in [2.75, 3.05) is 19.6 Å². The Morgan fingerprint density at radius 3 is 2.55 bits per heavy atom. The zero-order chi connectivity index (χ0) is 15.9. The van der Waals surface area contributed by atoms with Crippen molar-refractivity contribution in [1.82, 2.24) is 19.6 Å². The van der Waals surface area contributed by atoms with E-state index in [9.17, 15) is 9.59 Å². The highest BCUT2D eigenvalue weighted by atomic mass is 16.2. The summed E-state index contributed by atoms with van der Waals surface area (Å²) in [6.07, 6.45) is 2.97. The third-order valence-corrected chi connectivity index (χ3v) is 4.83. The third kappa shape index (κ3) is 2.49. The number of hydrogen-bond acceptors (Lipinski definition) is 4. The summed E-state index contributed by atoms with van der Waals surface area (Å²) in [6, 6.07) is -0.174. The molecule has 3 heterocycles. The fourth-order valence-electron chi connectivity index (χ4n) is 3.50. The van der Waals surface area contributed by atoms with E-state index in [0.717, 1.165) is 50.2 Å². The Bertz CT molecular complexity index is 603. The Morgan fingerprint density at radius 2 is 1.91 bits per heavy atom.